The molecule has 1 N–H and O–H groups in total. The van der Waals surface area contributed by atoms with Gasteiger partial charge in [-0.15, -0.1) is 0 Å². The number of ether oxygens (including phenoxy) is 1. The summed E-state index contributed by atoms with van der Waals surface area (Å²) in [6, 6.07) is 9.10. The predicted octanol–water partition coefficient (Wildman–Crippen LogP) is 3.31. The fraction of sp³-hybridized carbons (Fsp3) is 0.471. The van der Waals surface area contributed by atoms with Gasteiger partial charge in [0, 0.05) is 25.7 Å². The molecule has 1 rings (SSSR count). The number of nitrogens with zero attached hydrogens (tertiary/aromatic N) is 2. The molecule has 0 fully saturated rings. The summed E-state index contributed by atoms with van der Waals surface area (Å²) >= 11 is 6.03. The third kappa shape index (κ3) is 7.59. The van der Waals surface area contributed by atoms with E-state index in [1.165, 1.54) is 4.31 Å². The molecule has 1 atom stereocenters. The summed E-state index contributed by atoms with van der Waals surface area (Å²) in [5, 5.41) is 0. The van der Waals surface area contributed by atoms with Gasteiger partial charge in [0.2, 0.25) is 0 Å². The molecule has 0 heterocycles. The lowest BCUT2D eigenvalue weighted by Crippen LogP contribution is -2.39. The van der Waals surface area contributed by atoms with Crippen molar-refractivity contribution in [3.63, 3.8) is 0 Å². The van der Waals surface area contributed by atoms with E-state index in [0.717, 1.165) is 17.7 Å². The first-order valence-electron chi connectivity index (χ1n) is 8.27. The quantitative estimate of drug-likeness (QED) is 0.309. The van der Waals surface area contributed by atoms with Crippen molar-refractivity contribution in [2.75, 3.05) is 13.7 Å². The average molecular weight is 400 g/mol. The van der Waals surface area contributed by atoms with Crippen LogP contribution in [0.5, 0.6) is 0 Å². The highest BCUT2D eigenvalue weighted by Crippen LogP contribution is 2.22. The largest absolute Gasteiger partial charge is 0.465 e. The molecule has 0 aliphatic rings. The summed E-state index contributed by atoms with van der Waals surface area (Å²) in [4.78, 5) is 29.6. The predicted molar refractivity (Wildman–Crippen MR) is 106 cm³/mol. The van der Waals surface area contributed by atoms with Crippen LogP contribution < -0.4 is 5.48 Å². The maximum Gasteiger partial charge on any atom is 0.444 e. The molecular weight excluding hydrogens is 374 g/mol. The number of thiocarbonyl (C=S) groups is 1. The number of amides is 1. The van der Waals surface area contributed by atoms with Gasteiger partial charge in [-0.05, 0) is 25.8 Å². The van der Waals surface area contributed by atoms with E-state index < -0.39 is 12.1 Å². The summed E-state index contributed by atoms with van der Waals surface area (Å²) < 4.78 is 8.14. The zero-order chi connectivity index (χ0) is 19.5. The topological polar surface area (TPSA) is 71.1 Å². The molecule has 1 amide bonds. The van der Waals surface area contributed by atoms with Crippen LogP contribution in [0, 0.1) is 0 Å². The van der Waals surface area contributed by atoms with Gasteiger partial charge >= 0.3 is 12.1 Å². The number of hydroxylamine groups is 1. The van der Waals surface area contributed by atoms with Crippen LogP contribution in [-0.4, -0.2) is 45.4 Å². The molecule has 0 aliphatic heterocycles. The van der Waals surface area contributed by atoms with E-state index in [-0.39, 0.29) is 5.97 Å². The standard InChI is InChI=1S/C17H25N3O4S2/c1-5-15(25)18-24-17(22)19(4)26-20(13(3)16(21)23-6-2)12-14-10-8-7-9-11-14/h7-11,13H,5-6,12H2,1-4H3,(H,18,25)/t13-/m0/s1. The molecule has 0 aliphatic carbocycles. The van der Waals surface area contributed by atoms with Gasteiger partial charge in [0.25, 0.3) is 0 Å². The first kappa shape index (κ1) is 22.2. The molecule has 144 valence electrons. The van der Waals surface area contributed by atoms with Gasteiger partial charge < -0.3 is 9.57 Å². The fourth-order valence-electron chi connectivity index (χ4n) is 1.81. The van der Waals surface area contributed by atoms with E-state index in [2.05, 4.69) is 5.48 Å². The molecule has 0 bridgehead atoms. The molecule has 7 nitrogen and oxygen atoms in total. The van der Waals surface area contributed by atoms with Crippen LogP contribution in [0.1, 0.15) is 32.8 Å². The molecule has 1 aromatic carbocycles. The molecule has 0 saturated heterocycles. The van der Waals surface area contributed by atoms with Gasteiger partial charge in [-0.1, -0.05) is 49.5 Å². The van der Waals surface area contributed by atoms with Gasteiger partial charge in [-0.3, -0.25) is 4.79 Å². The highest BCUT2D eigenvalue weighted by Gasteiger charge is 2.27. The third-order valence-corrected chi connectivity index (χ3v) is 4.72. The van der Waals surface area contributed by atoms with Crippen LogP contribution in [0.3, 0.4) is 0 Å². The van der Waals surface area contributed by atoms with Gasteiger partial charge in [-0.2, -0.15) is 0 Å². The molecule has 0 saturated carbocycles. The van der Waals surface area contributed by atoms with Crippen molar-refractivity contribution in [1.82, 2.24) is 14.1 Å². The SMILES string of the molecule is CCOC(=O)[C@H](C)N(Cc1ccccc1)SN(C)C(=O)ONC(=S)CC. The minimum Gasteiger partial charge on any atom is -0.465 e. The van der Waals surface area contributed by atoms with Gasteiger partial charge in [0.1, 0.15) is 11.0 Å². The Bertz CT molecular complexity index is 601. The number of benzene rings is 1. The van der Waals surface area contributed by atoms with Crippen molar-refractivity contribution < 1.29 is 19.2 Å². The molecule has 9 heteroatoms. The Kier molecular flexibility index (Phi) is 10.0. The van der Waals surface area contributed by atoms with Crippen LogP contribution >= 0.6 is 24.4 Å². The Morgan fingerprint density at radius 2 is 1.92 bits per heavy atom. The maximum absolute atomic E-state index is 12.1. The number of hydrogen-bond donors (Lipinski definition) is 1. The lowest BCUT2D eigenvalue weighted by molar-refractivity contribution is -0.147. The molecular formula is C17H25N3O4S2. The number of hydrogen-bond acceptors (Lipinski definition) is 7. The normalized spacial score (nSPS) is 11.6. The Hall–Kier alpha value is -1.84. The van der Waals surface area contributed by atoms with Gasteiger partial charge in [-0.25, -0.2) is 18.9 Å². The van der Waals surface area contributed by atoms with E-state index in [4.69, 9.17) is 21.8 Å². The van der Waals surface area contributed by atoms with Crippen molar-refractivity contribution in [1.29, 1.82) is 0 Å². The van der Waals surface area contributed by atoms with Crippen LogP contribution in [0.25, 0.3) is 0 Å². The van der Waals surface area contributed by atoms with Crippen LogP contribution in [-0.2, 0) is 20.9 Å². The van der Waals surface area contributed by atoms with E-state index in [0.29, 0.717) is 24.6 Å². The molecule has 0 spiro atoms. The second-order valence-corrected chi connectivity index (χ2v) is 6.99. The molecule has 26 heavy (non-hydrogen) atoms. The number of esters is 1. The van der Waals surface area contributed by atoms with E-state index in [1.54, 1.807) is 25.2 Å². The number of carbonyl (C=O) groups excluding carboxylic acids is 2. The minimum atomic E-state index is -0.625. The Morgan fingerprint density at radius 1 is 1.27 bits per heavy atom. The highest BCUT2D eigenvalue weighted by atomic mass is 32.2. The van der Waals surface area contributed by atoms with Crippen molar-refractivity contribution >= 4 is 41.4 Å². The fourth-order valence-corrected chi connectivity index (χ4v) is 2.70. The summed E-state index contributed by atoms with van der Waals surface area (Å²) in [7, 11) is 1.56. The smallest absolute Gasteiger partial charge is 0.444 e. The average Bonchev–Trinajstić information content (AvgIpc) is 2.65. The maximum atomic E-state index is 12.1. The van der Waals surface area contributed by atoms with Crippen LogP contribution in [0.4, 0.5) is 4.79 Å². The van der Waals surface area contributed by atoms with Crippen molar-refractivity contribution in [2.24, 2.45) is 0 Å². The first-order valence-corrected chi connectivity index (χ1v) is 9.41. The van der Waals surface area contributed by atoms with E-state index in [9.17, 15) is 9.59 Å². The summed E-state index contributed by atoms with van der Waals surface area (Å²) in [5.74, 6) is -0.358. The summed E-state index contributed by atoms with van der Waals surface area (Å²) in [6.45, 7) is 6.08. The number of rotatable bonds is 8. The number of carbonyl (C=O) groups is 2. The third-order valence-electron chi connectivity index (χ3n) is 3.30. The van der Waals surface area contributed by atoms with Crippen LogP contribution in [0.15, 0.2) is 30.3 Å². The minimum absolute atomic E-state index is 0.295. The molecule has 0 unspecified atom stereocenters. The molecule has 0 aromatic heterocycles. The van der Waals surface area contributed by atoms with Gasteiger partial charge in [0.05, 0.1) is 6.61 Å². The van der Waals surface area contributed by atoms with Gasteiger partial charge in [0.15, 0.2) is 0 Å². The zero-order valence-corrected chi connectivity index (χ0v) is 17.1. The second-order valence-electron chi connectivity index (χ2n) is 5.31. The van der Waals surface area contributed by atoms with E-state index >= 15 is 0 Å². The lowest BCUT2D eigenvalue weighted by atomic mass is 10.2. The number of nitrogens with one attached hydrogen (secondary N) is 1. The molecule has 0 radical (unpaired) electrons. The highest BCUT2D eigenvalue weighted by molar-refractivity contribution is 7.95. The summed E-state index contributed by atoms with van der Waals surface area (Å²) in [6.07, 6.45) is -0.0561. The van der Waals surface area contributed by atoms with Crippen molar-refractivity contribution in [3.05, 3.63) is 35.9 Å². The Morgan fingerprint density at radius 3 is 2.50 bits per heavy atom. The van der Waals surface area contributed by atoms with E-state index in [1.807, 2.05) is 37.3 Å². The second kappa shape index (κ2) is 11.7. The van der Waals surface area contributed by atoms with Crippen molar-refractivity contribution in [2.45, 2.75) is 39.8 Å². The Labute approximate surface area is 164 Å². The monoisotopic (exact) mass is 399 g/mol. The Balaban J connectivity index is 2.78. The van der Waals surface area contributed by atoms with Crippen molar-refractivity contribution in [3.8, 4) is 0 Å². The zero-order valence-electron chi connectivity index (χ0n) is 15.4. The molecule has 1 aromatic rings. The van der Waals surface area contributed by atoms with Crippen LogP contribution in [0.2, 0.25) is 0 Å². The first-order chi connectivity index (χ1) is 12.4. The lowest BCUT2D eigenvalue weighted by Gasteiger charge is -2.29. The summed E-state index contributed by atoms with van der Waals surface area (Å²) in [5.41, 5.74) is 3.43.